The smallest absolute Gasteiger partial charge is 0.272 e. The number of hydrogen-bond donors (Lipinski definition) is 0. The van der Waals surface area contributed by atoms with Crippen LogP contribution in [-0.4, -0.2) is 15.0 Å². The maximum absolute atomic E-state index is 10.9. The molecule has 0 aliphatic carbocycles. The van der Waals surface area contributed by atoms with Crippen molar-refractivity contribution < 1.29 is 4.79 Å². The van der Waals surface area contributed by atoms with Crippen LogP contribution in [-0.2, 0) is 0 Å². The van der Waals surface area contributed by atoms with Crippen molar-refractivity contribution in [2.45, 2.75) is 0 Å². The van der Waals surface area contributed by atoms with Gasteiger partial charge in [0.15, 0.2) is 0 Å². The summed E-state index contributed by atoms with van der Waals surface area (Å²) in [7, 11) is 0. The van der Waals surface area contributed by atoms with Crippen molar-refractivity contribution in [1.29, 1.82) is 0 Å². The number of aromatic nitrogens is 2. The molecule has 0 bridgehead atoms. The highest BCUT2D eigenvalue weighted by Gasteiger charge is 2.11. The van der Waals surface area contributed by atoms with Crippen LogP contribution in [0.25, 0.3) is 5.69 Å². The number of carbonyl (C=O) groups excluding carboxylic acids is 1. The highest BCUT2D eigenvalue weighted by atomic mass is 35.5. The van der Waals surface area contributed by atoms with Crippen LogP contribution in [0.3, 0.4) is 0 Å². The van der Waals surface area contributed by atoms with Gasteiger partial charge in [0.25, 0.3) is 5.24 Å². The SMILES string of the molecule is O=C(Cl)c1cc(Cl)n(-c2ccc(Cl)cc2)n1. The summed E-state index contributed by atoms with van der Waals surface area (Å²) in [5, 5.41) is 4.25. The van der Waals surface area contributed by atoms with E-state index in [0.717, 1.165) is 0 Å². The Balaban J connectivity index is 2.47. The van der Waals surface area contributed by atoms with Gasteiger partial charge in [0, 0.05) is 11.1 Å². The Hall–Kier alpha value is -1.03. The summed E-state index contributed by atoms with van der Waals surface area (Å²) < 4.78 is 1.41. The first-order chi connectivity index (χ1) is 7.58. The molecule has 0 N–H and O–H groups in total. The lowest BCUT2D eigenvalue weighted by atomic mass is 10.3. The van der Waals surface area contributed by atoms with E-state index in [1.165, 1.54) is 10.7 Å². The van der Waals surface area contributed by atoms with Gasteiger partial charge in [0.05, 0.1) is 5.69 Å². The number of rotatable bonds is 2. The van der Waals surface area contributed by atoms with Crippen molar-refractivity contribution in [1.82, 2.24) is 9.78 Å². The van der Waals surface area contributed by atoms with E-state index in [0.29, 0.717) is 15.9 Å². The summed E-state index contributed by atoms with van der Waals surface area (Å²) in [6, 6.07) is 8.30. The van der Waals surface area contributed by atoms with Gasteiger partial charge in [-0.1, -0.05) is 23.2 Å². The molecule has 0 radical (unpaired) electrons. The first-order valence-corrected chi connectivity index (χ1v) is 5.42. The molecule has 0 saturated carbocycles. The normalized spacial score (nSPS) is 10.4. The summed E-state index contributed by atoms with van der Waals surface area (Å²) in [5.74, 6) is 0. The topological polar surface area (TPSA) is 34.9 Å². The lowest BCUT2D eigenvalue weighted by molar-refractivity contribution is 0.107. The molecular weight excluding hydrogens is 270 g/mol. The molecule has 0 unspecified atom stereocenters. The summed E-state index contributed by atoms with van der Waals surface area (Å²) in [6.07, 6.45) is 0. The standard InChI is InChI=1S/C10H5Cl3N2O/c11-6-1-3-7(4-2-6)15-9(12)5-8(14-15)10(13)16/h1-5H. The fourth-order valence-corrected chi connectivity index (χ4v) is 1.67. The van der Waals surface area contributed by atoms with E-state index >= 15 is 0 Å². The van der Waals surface area contributed by atoms with Crippen molar-refractivity contribution in [2.24, 2.45) is 0 Å². The molecule has 0 saturated heterocycles. The number of benzene rings is 1. The molecule has 0 atom stereocenters. The van der Waals surface area contributed by atoms with Crippen LogP contribution >= 0.6 is 34.8 Å². The number of hydrogen-bond acceptors (Lipinski definition) is 2. The van der Waals surface area contributed by atoms with Crippen LogP contribution in [0.15, 0.2) is 30.3 Å². The van der Waals surface area contributed by atoms with Gasteiger partial charge in [-0.3, -0.25) is 4.79 Å². The Kier molecular flexibility index (Phi) is 3.19. The molecule has 3 nitrogen and oxygen atoms in total. The van der Waals surface area contributed by atoms with E-state index in [9.17, 15) is 4.79 Å². The summed E-state index contributed by atoms with van der Waals surface area (Å²) in [5.41, 5.74) is 0.820. The monoisotopic (exact) mass is 274 g/mol. The lowest BCUT2D eigenvalue weighted by Crippen LogP contribution is -1.98. The Bertz CT molecular complexity index is 533. The molecule has 2 aromatic rings. The lowest BCUT2D eigenvalue weighted by Gasteiger charge is -2.02. The average molecular weight is 276 g/mol. The second-order valence-corrected chi connectivity index (χ2v) is 4.18. The largest absolute Gasteiger partial charge is 0.274 e. The van der Waals surface area contributed by atoms with Crippen LogP contribution in [0.4, 0.5) is 0 Å². The highest BCUT2D eigenvalue weighted by Crippen LogP contribution is 2.19. The maximum Gasteiger partial charge on any atom is 0.272 e. The van der Waals surface area contributed by atoms with Gasteiger partial charge in [-0.15, -0.1) is 0 Å². The van der Waals surface area contributed by atoms with E-state index in [1.807, 2.05) is 0 Å². The van der Waals surface area contributed by atoms with Gasteiger partial charge in [-0.2, -0.15) is 5.10 Å². The predicted octanol–water partition coefficient (Wildman–Crippen LogP) is 3.56. The molecule has 6 heteroatoms. The van der Waals surface area contributed by atoms with Gasteiger partial charge < -0.3 is 0 Å². The van der Waals surface area contributed by atoms with Gasteiger partial charge in [0.2, 0.25) is 0 Å². The molecule has 16 heavy (non-hydrogen) atoms. The van der Waals surface area contributed by atoms with Crippen molar-refractivity contribution in [3.8, 4) is 5.69 Å². The molecule has 0 spiro atoms. The van der Waals surface area contributed by atoms with Gasteiger partial charge >= 0.3 is 0 Å². The minimum atomic E-state index is -0.644. The Labute approximate surface area is 107 Å². The van der Waals surface area contributed by atoms with Crippen molar-refractivity contribution in [3.63, 3.8) is 0 Å². The molecule has 1 heterocycles. The van der Waals surface area contributed by atoms with E-state index in [4.69, 9.17) is 34.8 Å². The molecule has 0 aliphatic heterocycles. The van der Waals surface area contributed by atoms with E-state index in [1.54, 1.807) is 24.3 Å². The van der Waals surface area contributed by atoms with Crippen LogP contribution in [0.1, 0.15) is 10.5 Å². The molecule has 82 valence electrons. The number of carbonyl (C=O) groups is 1. The third kappa shape index (κ3) is 2.21. The second kappa shape index (κ2) is 4.45. The highest BCUT2D eigenvalue weighted by molar-refractivity contribution is 6.67. The molecule has 1 aromatic heterocycles. The van der Waals surface area contributed by atoms with Crippen LogP contribution in [0, 0.1) is 0 Å². The fourth-order valence-electron chi connectivity index (χ4n) is 1.22. The van der Waals surface area contributed by atoms with E-state index < -0.39 is 5.24 Å². The zero-order valence-electron chi connectivity index (χ0n) is 7.82. The quantitative estimate of drug-likeness (QED) is 0.786. The van der Waals surface area contributed by atoms with Crippen molar-refractivity contribution in [2.75, 3.05) is 0 Å². The molecular formula is C10H5Cl3N2O. The Morgan fingerprint density at radius 3 is 2.31 bits per heavy atom. The zero-order valence-corrected chi connectivity index (χ0v) is 10.1. The molecule has 0 aliphatic rings. The predicted molar refractivity (Wildman–Crippen MR) is 63.8 cm³/mol. The van der Waals surface area contributed by atoms with Crippen molar-refractivity contribution in [3.05, 3.63) is 46.2 Å². The third-order valence-electron chi connectivity index (χ3n) is 1.94. The summed E-state index contributed by atoms with van der Waals surface area (Å²) >= 11 is 17.0. The summed E-state index contributed by atoms with van der Waals surface area (Å²) in [4.78, 5) is 10.9. The zero-order chi connectivity index (χ0) is 11.7. The minimum Gasteiger partial charge on any atom is -0.274 e. The van der Waals surface area contributed by atoms with Crippen LogP contribution in [0.5, 0.6) is 0 Å². The van der Waals surface area contributed by atoms with E-state index in [-0.39, 0.29) is 5.69 Å². The van der Waals surface area contributed by atoms with Gasteiger partial charge in [0.1, 0.15) is 10.8 Å². The second-order valence-electron chi connectivity index (χ2n) is 3.01. The van der Waals surface area contributed by atoms with Gasteiger partial charge in [-0.25, -0.2) is 4.68 Å². The fraction of sp³-hybridized carbons (Fsp3) is 0. The Morgan fingerprint density at radius 1 is 1.19 bits per heavy atom. The third-order valence-corrected chi connectivity index (χ3v) is 2.65. The molecule has 1 aromatic carbocycles. The minimum absolute atomic E-state index is 0.113. The van der Waals surface area contributed by atoms with Gasteiger partial charge in [-0.05, 0) is 35.9 Å². The van der Waals surface area contributed by atoms with Crippen molar-refractivity contribution >= 4 is 40.0 Å². The van der Waals surface area contributed by atoms with E-state index in [2.05, 4.69) is 5.10 Å². The van der Waals surface area contributed by atoms with Crippen LogP contribution < -0.4 is 0 Å². The molecule has 0 amide bonds. The first kappa shape index (κ1) is 11.5. The maximum atomic E-state index is 10.9. The average Bonchev–Trinajstić information content (AvgIpc) is 2.62. The number of halogens is 3. The molecule has 0 fully saturated rings. The number of nitrogens with zero attached hydrogens (tertiary/aromatic N) is 2. The Morgan fingerprint density at radius 2 is 1.81 bits per heavy atom. The van der Waals surface area contributed by atoms with Crippen LogP contribution in [0.2, 0.25) is 10.2 Å². The summed E-state index contributed by atoms with van der Waals surface area (Å²) in [6.45, 7) is 0. The molecule has 2 rings (SSSR count). The first-order valence-electron chi connectivity index (χ1n) is 4.29.